The van der Waals surface area contributed by atoms with Gasteiger partial charge >= 0.3 is 6.09 Å². The summed E-state index contributed by atoms with van der Waals surface area (Å²) in [6.45, 7) is 0. The van der Waals surface area contributed by atoms with Crippen LogP contribution in [-0.2, 0) is 11.2 Å². The molecule has 0 aromatic carbocycles. The highest BCUT2D eigenvalue weighted by Gasteiger charge is 2.19. The second kappa shape index (κ2) is 5.69. The number of nitrogens with zero attached hydrogens (tertiary/aromatic N) is 1. The lowest BCUT2D eigenvalue weighted by Crippen LogP contribution is -2.46. The van der Waals surface area contributed by atoms with E-state index >= 15 is 0 Å². The number of rotatable bonds is 4. The van der Waals surface area contributed by atoms with Gasteiger partial charge in [-0.3, -0.25) is 9.78 Å². The summed E-state index contributed by atoms with van der Waals surface area (Å²) in [7, 11) is 1.46. The second-order valence-electron chi connectivity index (χ2n) is 3.14. The van der Waals surface area contributed by atoms with Crippen LogP contribution < -0.4 is 10.6 Å². The molecular weight excluding hydrogens is 210 g/mol. The molecule has 1 aromatic rings. The van der Waals surface area contributed by atoms with E-state index in [1.54, 1.807) is 24.4 Å². The van der Waals surface area contributed by atoms with Crippen molar-refractivity contribution in [2.75, 3.05) is 7.05 Å². The van der Waals surface area contributed by atoms with E-state index < -0.39 is 12.1 Å². The van der Waals surface area contributed by atoms with E-state index in [2.05, 4.69) is 15.6 Å². The summed E-state index contributed by atoms with van der Waals surface area (Å²) >= 11 is 0. The smallest absolute Gasteiger partial charge is 0.405 e. The molecule has 3 N–H and O–H groups in total. The van der Waals surface area contributed by atoms with Crippen LogP contribution in [0.4, 0.5) is 4.79 Å². The zero-order chi connectivity index (χ0) is 12.0. The highest BCUT2D eigenvalue weighted by atomic mass is 16.4. The molecule has 0 aliphatic heterocycles. The summed E-state index contributed by atoms with van der Waals surface area (Å²) in [4.78, 5) is 25.9. The monoisotopic (exact) mass is 223 g/mol. The maximum atomic E-state index is 11.4. The maximum absolute atomic E-state index is 11.4. The van der Waals surface area contributed by atoms with Crippen LogP contribution in [0.2, 0.25) is 0 Å². The van der Waals surface area contributed by atoms with Crippen molar-refractivity contribution in [1.29, 1.82) is 0 Å². The Hall–Kier alpha value is -2.11. The van der Waals surface area contributed by atoms with E-state index in [1.807, 2.05) is 0 Å². The molecule has 16 heavy (non-hydrogen) atoms. The fraction of sp³-hybridized carbons (Fsp3) is 0.300. The number of pyridine rings is 1. The molecule has 0 aliphatic carbocycles. The lowest BCUT2D eigenvalue weighted by atomic mass is 10.1. The van der Waals surface area contributed by atoms with Gasteiger partial charge in [0.1, 0.15) is 6.04 Å². The molecule has 0 saturated carbocycles. The number of amides is 2. The minimum absolute atomic E-state index is 0.229. The fourth-order valence-corrected chi connectivity index (χ4v) is 1.26. The van der Waals surface area contributed by atoms with Gasteiger partial charge in [-0.1, -0.05) is 6.07 Å². The summed E-state index contributed by atoms with van der Waals surface area (Å²) in [6, 6.07) is 4.45. The molecule has 6 heteroatoms. The van der Waals surface area contributed by atoms with Gasteiger partial charge in [0.15, 0.2) is 0 Å². The van der Waals surface area contributed by atoms with Gasteiger partial charge in [0.05, 0.1) is 0 Å². The molecule has 0 aliphatic rings. The highest BCUT2D eigenvalue weighted by molar-refractivity contribution is 5.85. The molecule has 1 aromatic heterocycles. The Kier molecular flexibility index (Phi) is 4.26. The average molecular weight is 223 g/mol. The molecule has 0 spiro atoms. The van der Waals surface area contributed by atoms with Crippen LogP contribution in [0.25, 0.3) is 0 Å². The average Bonchev–Trinajstić information content (AvgIpc) is 2.28. The maximum Gasteiger partial charge on any atom is 0.405 e. The SMILES string of the molecule is CNC(=O)[C@@H](Cc1ccccn1)NC(=O)O. The third-order valence-electron chi connectivity index (χ3n) is 2.00. The Morgan fingerprint density at radius 3 is 2.75 bits per heavy atom. The van der Waals surface area contributed by atoms with Gasteiger partial charge in [-0.15, -0.1) is 0 Å². The van der Waals surface area contributed by atoms with Gasteiger partial charge in [0.25, 0.3) is 0 Å². The fourth-order valence-electron chi connectivity index (χ4n) is 1.26. The molecule has 0 radical (unpaired) electrons. The summed E-state index contributed by atoms with van der Waals surface area (Å²) in [5, 5.41) is 13.1. The van der Waals surface area contributed by atoms with Gasteiger partial charge in [0, 0.05) is 25.4 Å². The quantitative estimate of drug-likeness (QED) is 0.670. The van der Waals surface area contributed by atoms with Crippen molar-refractivity contribution < 1.29 is 14.7 Å². The Bertz CT molecular complexity index is 367. The Morgan fingerprint density at radius 2 is 2.25 bits per heavy atom. The van der Waals surface area contributed by atoms with E-state index in [9.17, 15) is 9.59 Å². The number of hydrogen-bond acceptors (Lipinski definition) is 3. The van der Waals surface area contributed by atoms with E-state index in [1.165, 1.54) is 7.05 Å². The molecule has 0 saturated heterocycles. The third-order valence-corrected chi connectivity index (χ3v) is 2.00. The Balaban J connectivity index is 2.70. The standard InChI is InChI=1S/C10H13N3O3/c1-11-9(14)8(13-10(15)16)6-7-4-2-3-5-12-7/h2-5,8,13H,6H2,1H3,(H,11,14)(H,15,16)/t8-/m1/s1. The summed E-state index contributed by atoms with van der Waals surface area (Å²) in [5.41, 5.74) is 0.657. The van der Waals surface area contributed by atoms with Gasteiger partial charge in [-0.25, -0.2) is 4.79 Å². The molecule has 2 amide bonds. The molecule has 0 fully saturated rings. The molecule has 1 atom stereocenters. The van der Waals surface area contributed by atoms with Crippen molar-refractivity contribution in [1.82, 2.24) is 15.6 Å². The minimum atomic E-state index is -1.23. The van der Waals surface area contributed by atoms with Crippen LogP contribution in [0.5, 0.6) is 0 Å². The van der Waals surface area contributed by atoms with E-state index in [4.69, 9.17) is 5.11 Å². The number of carbonyl (C=O) groups is 2. The molecule has 86 valence electrons. The lowest BCUT2D eigenvalue weighted by molar-refractivity contribution is -0.122. The van der Waals surface area contributed by atoms with Crippen molar-refractivity contribution >= 4 is 12.0 Å². The van der Waals surface area contributed by atoms with E-state index in [0.29, 0.717) is 5.69 Å². The predicted molar refractivity (Wildman–Crippen MR) is 57.0 cm³/mol. The van der Waals surface area contributed by atoms with Crippen molar-refractivity contribution in [3.05, 3.63) is 30.1 Å². The number of hydrogen-bond donors (Lipinski definition) is 3. The lowest BCUT2D eigenvalue weighted by Gasteiger charge is -2.14. The van der Waals surface area contributed by atoms with Gasteiger partial charge in [0.2, 0.25) is 5.91 Å². The van der Waals surface area contributed by atoms with Crippen molar-refractivity contribution in [2.45, 2.75) is 12.5 Å². The van der Waals surface area contributed by atoms with Crippen LogP contribution in [0, 0.1) is 0 Å². The first kappa shape index (κ1) is 12.0. The zero-order valence-corrected chi connectivity index (χ0v) is 8.80. The molecule has 1 rings (SSSR count). The molecule has 0 unspecified atom stereocenters. The Labute approximate surface area is 92.7 Å². The number of carbonyl (C=O) groups excluding carboxylic acids is 1. The largest absolute Gasteiger partial charge is 0.465 e. The highest BCUT2D eigenvalue weighted by Crippen LogP contribution is 1.99. The van der Waals surface area contributed by atoms with Crippen molar-refractivity contribution in [3.63, 3.8) is 0 Å². The van der Waals surface area contributed by atoms with Gasteiger partial charge < -0.3 is 15.7 Å². The first-order valence-corrected chi connectivity index (χ1v) is 4.74. The summed E-state index contributed by atoms with van der Waals surface area (Å²) in [5.74, 6) is -0.381. The number of carboxylic acid groups (broad SMARTS) is 1. The number of nitrogens with one attached hydrogen (secondary N) is 2. The van der Waals surface area contributed by atoms with Crippen LogP contribution in [0.1, 0.15) is 5.69 Å². The first-order valence-electron chi connectivity index (χ1n) is 4.74. The third kappa shape index (κ3) is 3.56. The zero-order valence-electron chi connectivity index (χ0n) is 8.80. The second-order valence-corrected chi connectivity index (χ2v) is 3.14. The molecular formula is C10H13N3O3. The van der Waals surface area contributed by atoms with Crippen LogP contribution >= 0.6 is 0 Å². The van der Waals surface area contributed by atoms with Crippen LogP contribution in [-0.4, -0.2) is 35.2 Å². The number of aromatic nitrogens is 1. The molecule has 6 nitrogen and oxygen atoms in total. The normalized spacial score (nSPS) is 11.6. The first-order chi connectivity index (χ1) is 7.63. The Morgan fingerprint density at radius 1 is 1.50 bits per heavy atom. The van der Waals surface area contributed by atoms with Crippen LogP contribution in [0.15, 0.2) is 24.4 Å². The minimum Gasteiger partial charge on any atom is -0.465 e. The van der Waals surface area contributed by atoms with Crippen LogP contribution in [0.3, 0.4) is 0 Å². The van der Waals surface area contributed by atoms with Crippen molar-refractivity contribution in [3.8, 4) is 0 Å². The van der Waals surface area contributed by atoms with E-state index in [-0.39, 0.29) is 12.3 Å². The topological polar surface area (TPSA) is 91.3 Å². The molecule has 0 bridgehead atoms. The summed E-state index contributed by atoms with van der Waals surface area (Å²) < 4.78 is 0. The van der Waals surface area contributed by atoms with E-state index in [0.717, 1.165) is 0 Å². The number of likely N-dealkylation sites (N-methyl/N-ethyl adjacent to an activating group) is 1. The molecule has 1 heterocycles. The van der Waals surface area contributed by atoms with Gasteiger partial charge in [-0.2, -0.15) is 0 Å². The summed E-state index contributed by atoms with van der Waals surface area (Å²) in [6.07, 6.45) is 0.591. The van der Waals surface area contributed by atoms with Gasteiger partial charge in [-0.05, 0) is 12.1 Å². The van der Waals surface area contributed by atoms with Crippen molar-refractivity contribution in [2.24, 2.45) is 0 Å². The predicted octanol–water partition coefficient (Wildman–Crippen LogP) is 0.00630.